The number of benzene rings is 2. The summed E-state index contributed by atoms with van der Waals surface area (Å²) in [6.45, 7) is 6.50. The number of nitrogens with one attached hydrogen (secondary N) is 1. The van der Waals surface area contributed by atoms with E-state index in [1.165, 1.54) is 17.3 Å². The van der Waals surface area contributed by atoms with Crippen LogP contribution in [-0.2, 0) is 11.2 Å². The Kier molecular flexibility index (Phi) is 6.29. The highest BCUT2D eigenvalue weighted by atomic mass is 32.2. The van der Waals surface area contributed by atoms with E-state index in [0.29, 0.717) is 17.7 Å². The lowest BCUT2D eigenvalue weighted by molar-refractivity contribution is -0.120. The summed E-state index contributed by atoms with van der Waals surface area (Å²) in [5.41, 5.74) is 4.38. The second-order valence-electron chi connectivity index (χ2n) is 6.54. The predicted molar refractivity (Wildman–Crippen MR) is 108 cm³/mol. The zero-order chi connectivity index (χ0) is 19.2. The molecule has 0 bridgehead atoms. The molecule has 140 valence electrons. The van der Waals surface area contributed by atoms with Gasteiger partial charge in [0.05, 0.1) is 5.25 Å². The van der Waals surface area contributed by atoms with E-state index in [9.17, 15) is 4.79 Å². The first-order valence-corrected chi connectivity index (χ1v) is 9.79. The third-order valence-corrected chi connectivity index (χ3v) is 5.01. The fourth-order valence-electron chi connectivity index (χ4n) is 2.80. The van der Waals surface area contributed by atoms with Gasteiger partial charge >= 0.3 is 0 Å². The molecule has 6 heteroatoms. The molecule has 0 aliphatic rings. The molecule has 5 nitrogen and oxygen atoms in total. The Morgan fingerprint density at radius 2 is 1.81 bits per heavy atom. The van der Waals surface area contributed by atoms with Gasteiger partial charge in [-0.05, 0) is 44.9 Å². The second kappa shape index (κ2) is 8.86. The van der Waals surface area contributed by atoms with E-state index in [1.807, 2.05) is 51.1 Å². The Balaban J connectivity index is 1.54. The van der Waals surface area contributed by atoms with Gasteiger partial charge in [-0.25, -0.2) is 0 Å². The molecule has 0 aliphatic heterocycles. The minimum absolute atomic E-state index is 0.0397. The minimum Gasteiger partial charge on any atom is -0.411 e. The summed E-state index contributed by atoms with van der Waals surface area (Å²) in [5, 5.41) is 11.2. The number of nitrogens with zero attached hydrogens (tertiary/aromatic N) is 2. The van der Waals surface area contributed by atoms with Crippen molar-refractivity contribution in [1.82, 2.24) is 15.5 Å². The van der Waals surface area contributed by atoms with Crippen LogP contribution < -0.4 is 5.32 Å². The van der Waals surface area contributed by atoms with Crippen molar-refractivity contribution in [3.8, 4) is 11.5 Å². The largest absolute Gasteiger partial charge is 0.411 e. The summed E-state index contributed by atoms with van der Waals surface area (Å²) < 4.78 is 5.74. The summed E-state index contributed by atoms with van der Waals surface area (Å²) >= 11 is 1.27. The molecule has 1 atom stereocenters. The number of carbonyl (C=O) groups is 1. The number of amides is 1. The fourth-order valence-corrected chi connectivity index (χ4v) is 3.50. The summed E-state index contributed by atoms with van der Waals surface area (Å²) in [5.74, 6) is 0.433. The maximum atomic E-state index is 12.3. The third kappa shape index (κ3) is 5.44. The Bertz CT molecular complexity index is 889. The number of thioether (sulfide) groups is 1. The normalized spacial score (nSPS) is 12.0. The van der Waals surface area contributed by atoms with Crippen molar-refractivity contribution in [1.29, 1.82) is 0 Å². The number of rotatable bonds is 7. The molecule has 3 rings (SSSR count). The summed E-state index contributed by atoms with van der Waals surface area (Å²) in [6, 6.07) is 16.2. The van der Waals surface area contributed by atoms with Gasteiger partial charge < -0.3 is 9.73 Å². The third-order valence-electron chi connectivity index (χ3n) is 4.08. The van der Waals surface area contributed by atoms with Gasteiger partial charge in [-0.2, -0.15) is 0 Å². The highest BCUT2D eigenvalue weighted by Gasteiger charge is 2.18. The Morgan fingerprint density at radius 1 is 1.11 bits per heavy atom. The highest BCUT2D eigenvalue weighted by Crippen LogP contribution is 2.27. The van der Waals surface area contributed by atoms with Gasteiger partial charge in [0.25, 0.3) is 5.22 Å². The first-order valence-electron chi connectivity index (χ1n) is 8.92. The zero-order valence-corrected chi connectivity index (χ0v) is 16.5. The van der Waals surface area contributed by atoms with Crippen molar-refractivity contribution < 1.29 is 9.21 Å². The molecule has 1 aromatic heterocycles. The Labute approximate surface area is 163 Å². The molecule has 1 N–H and O–H groups in total. The van der Waals surface area contributed by atoms with E-state index in [0.717, 1.165) is 23.1 Å². The van der Waals surface area contributed by atoms with Gasteiger partial charge in [-0.1, -0.05) is 59.3 Å². The Morgan fingerprint density at radius 3 is 2.52 bits per heavy atom. The van der Waals surface area contributed by atoms with Crippen molar-refractivity contribution >= 4 is 17.7 Å². The van der Waals surface area contributed by atoms with E-state index in [-0.39, 0.29) is 11.2 Å². The van der Waals surface area contributed by atoms with E-state index in [2.05, 4.69) is 33.7 Å². The maximum absolute atomic E-state index is 12.3. The first kappa shape index (κ1) is 19.2. The number of aromatic nitrogens is 2. The summed E-state index contributed by atoms with van der Waals surface area (Å²) in [7, 11) is 0. The van der Waals surface area contributed by atoms with Crippen molar-refractivity contribution in [3.05, 3.63) is 65.2 Å². The SMILES string of the molecule is Cc1cc(C)cc(-c2nnc(SC(C)C(=O)NCCc3ccccc3)o2)c1. The van der Waals surface area contributed by atoms with Gasteiger partial charge in [-0.3, -0.25) is 4.79 Å². The smallest absolute Gasteiger partial charge is 0.277 e. The van der Waals surface area contributed by atoms with Gasteiger partial charge in [0, 0.05) is 12.1 Å². The topological polar surface area (TPSA) is 68.0 Å². The lowest BCUT2D eigenvalue weighted by atomic mass is 10.1. The standard InChI is InChI=1S/C21H23N3O2S/c1-14-11-15(2)13-18(12-14)20-23-24-21(26-20)27-16(3)19(25)22-10-9-17-7-5-4-6-8-17/h4-8,11-13,16H,9-10H2,1-3H3,(H,22,25). The average molecular weight is 382 g/mol. The van der Waals surface area contributed by atoms with Crippen LogP contribution in [0.15, 0.2) is 58.2 Å². The van der Waals surface area contributed by atoms with Crippen molar-refractivity contribution in [2.75, 3.05) is 6.54 Å². The van der Waals surface area contributed by atoms with Crippen LogP contribution in [-0.4, -0.2) is 27.9 Å². The molecule has 0 saturated carbocycles. The lowest BCUT2D eigenvalue weighted by Crippen LogP contribution is -2.32. The van der Waals surface area contributed by atoms with Crippen LogP contribution in [0.1, 0.15) is 23.6 Å². The van der Waals surface area contributed by atoms with Crippen LogP contribution in [0.4, 0.5) is 0 Å². The number of carbonyl (C=O) groups excluding carboxylic acids is 1. The molecule has 0 spiro atoms. The van der Waals surface area contributed by atoms with Crippen molar-refractivity contribution in [2.45, 2.75) is 37.7 Å². The van der Waals surface area contributed by atoms with Crippen molar-refractivity contribution in [2.24, 2.45) is 0 Å². The number of aryl methyl sites for hydroxylation is 2. The van der Waals surface area contributed by atoms with E-state index in [4.69, 9.17) is 4.42 Å². The maximum Gasteiger partial charge on any atom is 0.277 e. The van der Waals surface area contributed by atoms with E-state index >= 15 is 0 Å². The van der Waals surface area contributed by atoms with Crippen LogP contribution in [0.2, 0.25) is 0 Å². The molecule has 0 aliphatic carbocycles. The predicted octanol–water partition coefficient (Wildman–Crippen LogP) is 4.19. The summed E-state index contributed by atoms with van der Waals surface area (Å²) in [4.78, 5) is 12.3. The molecule has 27 heavy (non-hydrogen) atoms. The van der Waals surface area contributed by atoms with Crippen LogP contribution in [0.25, 0.3) is 11.5 Å². The van der Waals surface area contributed by atoms with Gasteiger partial charge in [0.15, 0.2) is 0 Å². The summed E-state index contributed by atoms with van der Waals surface area (Å²) in [6.07, 6.45) is 0.807. The fraction of sp³-hybridized carbons (Fsp3) is 0.286. The molecule has 1 amide bonds. The molecule has 1 unspecified atom stereocenters. The van der Waals surface area contributed by atoms with E-state index < -0.39 is 0 Å². The van der Waals surface area contributed by atoms with Crippen molar-refractivity contribution in [3.63, 3.8) is 0 Å². The zero-order valence-electron chi connectivity index (χ0n) is 15.7. The number of hydrogen-bond donors (Lipinski definition) is 1. The monoisotopic (exact) mass is 381 g/mol. The van der Waals surface area contributed by atoms with Gasteiger partial charge in [-0.15, -0.1) is 10.2 Å². The second-order valence-corrected chi connectivity index (χ2v) is 7.83. The molecule has 0 fully saturated rings. The molecule has 2 aromatic carbocycles. The number of hydrogen-bond acceptors (Lipinski definition) is 5. The molecular formula is C21H23N3O2S. The van der Waals surface area contributed by atoms with E-state index in [1.54, 1.807) is 0 Å². The average Bonchev–Trinajstić information content (AvgIpc) is 3.10. The van der Waals surface area contributed by atoms with Crippen LogP contribution >= 0.6 is 11.8 Å². The van der Waals surface area contributed by atoms with Crippen LogP contribution in [0, 0.1) is 13.8 Å². The highest BCUT2D eigenvalue weighted by molar-refractivity contribution is 8.00. The molecule has 0 radical (unpaired) electrons. The van der Waals surface area contributed by atoms with Crippen LogP contribution in [0.5, 0.6) is 0 Å². The van der Waals surface area contributed by atoms with Gasteiger partial charge in [0.1, 0.15) is 0 Å². The first-order chi connectivity index (χ1) is 13.0. The quantitative estimate of drug-likeness (QED) is 0.622. The molecular weight excluding hydrogens is 358 g/mol. The van der Waals surface area contributed by atoms with Crippen LogP contribution in [0.3, 0.4) is 0 Å². The molecule has 3 aromatic rings. The molecule has 1 heterocycles. The molecule has 0 saturated heterocycles. The lowest BCUT2D eigenvalue weighted by Gasteiger charge is -2.09. The van der Waals surface area contributed by atoms with Gasteiger partial charge in [0.2, 0.25) is 11.8 Å². The Hall–Kier alpha value is -2.60. The minimum atomic E-state index is -0.312.